The van der Waals surface area contributed by atoms with Gasteiger partial charge >= 0.3 is 0 Å². The maximum atomic E-state index is 13.4. The molecule has 0 saturated heterocycles. The summed E-state index contributed by atoms with van der Waals surface area (Å²) in [5.74, 6) is -0.835. The number of nitrogens with zero attached hydrogens (tertiary/aromatic N) is 2. The van der Waals surface area contributed by atoms with Gasteiger partial charge in [0.2, 0.25) is 23.9 Å². The average Bonchev–Trinajstić information content (AvgIpc) is 3.01. The number of nitrogens with two attached hydrogens (primary N) is 2. The van der Waals surface area contributed by atoms with Gasteiger partial charge in [-0.25, -0.2) is 18.6 Å². The van der Waals surface area contributed by atoms with Crippen molar-refractivity contribution in [1.29, 1.82) is 0 Å². The van der Waals surface area contributed by atoms with Gasteiger partial charge in [-0.3, -0.25) is 4.79 Å². The van der Waals surface area contributed by atoms with Crippen LogP contribution in [0.5, 0.6) is 0 Å². The second kappa shape index (κ2) is 14.8. The maximum absolute atomic E-state index is 13.4. The Labute approximate surface area is 267 Å². The molecule has 5 N–H and O–H groups in total. The number of nitrogens with one attached hydrogen (secondary N) is 1. The molecule has 0 atom stereocenters. The number of rotatable bonds is 8. The van der Waals surface area contributed by atoms with Crippen LogP contribution in [-0.2, 0) is 21.4 Å². The van der Waals surface area contributed by atoms with Crippen molar-refractivity contribution in [3.63, 3.8) is 0 Å². The molecule has 236 valence electrons. The summed E-state index contributed by atoms with van der Waals surface area (Å²) in [5.41, 5.74) is 16.6. The number of benzene rings is 4. The van der Waals surface area contributed by atoms with Crippen LogP contribution in [0, 0.1) is 10.2 Å². The molecule has 0 aliphatic rings. The molecule has 0 aliphatic carbocycles. The molecule has 0 saturated carbocycles. The van der Waals surface area contributed by atoms with Crippen LogP contribution in [0.2, 0.25) is 0 Å². The Morgan fingerprint density at radius 2 is 1.09 bits per heavy atom. The number of halogens is 1. The number of hydrogen-bond donors (Lipinski definition) is 3. The van der Waals surface area contributed by atoms with E-state index in [0.29, 0.717) is 5.69 Å². The molecule has 46 heavy (non-hydrogen) atoms. The zero-order valence-electron chi connectivity index (χ0n) is 24.0. The first kappa shape index (κ1) is 33.7. The molecular formula is C32H28ClN5O7S. The molecular weight excluding hydrogens is 634 g/mol. The molecule has 0 aliphatic heterocycles. The van der Waals surface area contributed by atoms with Crippen molar-refractivity contribution in [1.82, 2.24) is 0 Å². The van der Waals surface area contributed by atoms with Crippen LogP contribution in [-0.4, -0.2) is 20.3 Å². The third-order valence-electron chi connectivity index (χ3n) is 6.38. The summed E-state index contributed by atoms with van der Waals surface area (Å²) in [7, 11) is -8.98. The van der Waals surface area contributed by atoms with E-state index < -0.39 is 26.2 Å². The summed E-state index contributed by atoms with van der Waals surface area (Å²) in [4.78, 5) is 13.3. The molecule has 5 rings (SSSR count). The zero-order valence-corrected chi connectivity index (χ0v) is 25.6. The molecule has 1 heterocycles. The molecule has 0 radical (unpaired) electrons. The molecule has 0 spiro atoms. The second-order valence-corrected chi connectivity index (χ2v) is 12.0. The van der Waals surface area contributed by atoms with Crippen molar-refractivity contribution in [3.8, 4) is 33.6 Å². The van der Waals surface area contributed by atoms with Crippen LogP contribution in [0.25, 0.3) is 33.6 Å². The smallest absolute Gasteiger partial charge is 0.290 e. The van der Waals surface area contributed by atoms with Crippen molar-refractivity contribution in [2.24, 2.45) is 15.9 Å². The standard InChI is InChI=1S/C32H27N5O3S.ClHO4/c33-32(34)36-41(39,40)28-18-16-27(17-19-28)35-31(38)22-37-29(24-12-6-2-7-13-24)20-26(23-10-4-1-5-11-23)21-30(37)25-14-8-3-9-15-25;2-1(3,4)5/h1-21H,22H2,(H4-,33,34,35,36,38);(H,2,3,4,5). The lowest BCUT2D eigenvalue weighted by molar-refractivity contribution is -2.00. The molecule has 0 fully saturated rings. The summed E-state index contributed by atoms with van der Waals surface area (Å²) >= 11 is 0. The molecule has 0 bridgehead atoms. The van der Waals surface area contributed by atoms with Crippen LogP contribution in [0.15, 0.2) is 137 Å². The summed E-state index contributed by atoms with van der Waals surface area (Å²) in [6.45, 7) is 0.0115. The van der Waals surface area contributed by atoms with Crippen molar-refractivity contribution < 1.29 is 46.7 Å². The first-order valence-electron chi connectivity index (χ1n) is 13.4. The quantitative estimate of drug-likeness (QED) is 0.114. The number of aromatic nitrogens is 1. The van der Waals surface area contributed by atoms with Gasteiger partial charge < -0.3 is 16.8 Å². The molecule has 5 aromatic rings. The second-order valence-electron chi connectivity index (χ2n) is 9.64. The first-order valence-corrected chi connectivity index (χ1v) is 16.1. The van der Waals surface area contributed by atoms with E-state index in [1.807, 2.05) is 83.4 Å². The van der Waals surface area contributed by atoms with Gasteiger partial charge in [0.05, 0.1) is 4.90 Å². The number of anilines is 1. The van der Waals surface area contributed by atoms with E-state index in [2.05, 4.69) is 34.0 Å². The predicted octanol–water partition coefficient (Wildman–Crippen LogP) is -0.180. The minimum atomic E-state index is -4.94. The third-order valence-corrected chi connectivity index (χ3v) is 7.69. The lowest BCUT2D eigenvalue weighted by Crippen LogP contribution is -2.68. The molecule has 4 aromatic carbocycles. The Kier molecular flexibility index (Phi) is 10.8. The van der Waals surface area contributed by atoms with Crippen LogP contribution in [0.4, 0.5) is 5.69 Å². The van der Waals surface area contributed by atoms with Crippen molar-refractivity contribution in [2.45, 2.75) is 11.4 Å². The Morgan fingerprint density at radius 3 is 1.50 bits per heavy atom. The van der Waals surface area contributed by atoms with Crippen LogP contribution >= 0.6 is 0 Å². The topological polar surface area (TPSA) is 224 Å². The number of hydrogen-bond acceptors (Lipinski definition) is 7. The van der Waals surface area contributed by atoms with E-state index in [-0.39, 0.29) is 17.3 Å². The number of pyridine rings is 1. The van der Waals surface area contributed by atoms with Crippen LogP contribution < -0.4 is 40.0 Å². The van der Waals surface area contributed by atoms with Gasteiger partial charge in [-0.05, 0) is 59.7 Å². The SMILES string of the molecule is NC(N)=NS(=O)(=O)c1ccc(NC(=O)C[n+]2c(-c3ccccc3)cc(-c3ccccc3)cc2-c2ccccc2)cc1.[O-][Cl+3]([O-])([O-])[O-]. The largest absolute Gasteiger partial charge is 0.369 e. The summed E-state index contributed by atoms with van der Waals surface area (Å²) in [6, 6.07) is 39.8. The van der Waals surface area contributed by atoms with E-state index in [4.69, 9.17) is 30.1 Å². The van der Waals surface area contributed by atoms with Gasteiger partial charge in [0.15, 0.2) is 0 Å². The van der Waals surface area contributed by atoms with Crippen LogP contribution in [0.1, 0.15) is 0 Å². The fourth-order valence-corrected chi connectivity index (χ4v) is 5.39. The lowest BCUT2D eigenvalue weighted by atomic mass is 9.99. The monoisotopic (exact) mass is 661 g/mol. The van der Waals surface area contributed by atoms with Crippen molar-refractivity contribution in [2.75, 3.05) is 5.32 Å². The van der Waals surface area contributed by atoms with E-state index >= 15 is 0 Å². The number of carbonyl (C=O) groups excluding carboxylic acids is 1. The number of guanidine groups is 1. The normalized spacial score (nSPS) is 11.1. The van der Waals surface area contributed by atoms with Gasteiger partial charge in [-0.15, -0.1) is 14.6 Å². The summed E-state index contributed by atoms with van der Waals surface area (Å²) in [6.07, 6.45) is 0. The Bertz CT molecular complexity index is 1850. The van der Waals surface area contributed by atoms with Gasteiger partial charge in [0.1, 0.15) is 0 Å². The zero-order chi connectivity index (χ0) is 33.3. The highest BCUT2D eigenvalue weighted by atomic mass is 35.7. The molecule has 14 heteroatoms. The van der Waals surface area contributed by atoms with Crippen molar-refractivity contribution in [3.05, 3.63) is 127 Å². The summed E-state index contributed by atoms with van der Waals surface area (Å²) < 4.78 is 63.8. The highest BCUT2D eigenvalue weighted by molar-refractivity contribution is 7.90. The predicted molar refractivity (Wildman–Crippen MR) is 161 cm³/mol. The number of amides is 1. The highest BCUT2D eigenvalue weighted by Crippen LogP contribution is 2.29. The minimum absolute atomic E-state index is 0.0115. The molecule has 0 unspecified atom stereocenters. The van der Waals surface area contributed by atoms with Crippen molar-refractivity contribution >= 4 is 27.6 Å². The maximum Gasteiger partial charge on any atom is 0.290 e. The fraction of sp³-hybridized carbons (Fsp3) is 0.0312. The summed E-state index contributed by atoms with van der Waals surface area (Å²) in [5, 5.41) is 2.87. The lowest BCUT2D eigenvalue weighted by Gasteiger charge is -2.17. The van der Waals surface area contributed by atoms with Gasteiger partial charge in [-0.1, -0.05) is 66.7 Å². The first-order chi connectivity index (χ1) is 21.8. The van der Waals surface area contributed by atoms with Crippen LogP contribution in [0.3, 0.4) is 0 Å². The third kappa shape index (κ3) is 9.67. The Morgan fingerprint density at radius 1 is 0.674 bits per heavy atom. The van der Waals surface area contributed by atoms with Gasteiger partial charge in [0.25, 0.3) is 15.9 Å². The molecule has 1 aromatic heterocycles. The van der Waals surface area contributed by atoms with Gasteiger partial charge in [-0.2, -0.15) is 13.0 Å². The number of sulfonamides is 1. The fourth-order valence-electron chi connectivity index (χ4n) is 4.53. The van der Waals surface area contributed by atoms with E-state index in [0.717, 1.165) is 33.6 Å². The Balaban J connectivity index is 0.000000892. The van der Waals surface area contributed by atoms with Gasteiger partial charge in [0, 0.05) is 28.9 Å². The molecule has 12 nitrogen and oxygen atoms in total. The average molecular weight is 662 g/mol. The van der Waals surface area contributed by atoms with E-state index in [9.17, 15) is 13.2 Å². The minimum Gasteiger partial charge on any atom is -0.369 e. The highest BCUT2D eigenvalue weighted by Gasteiger charge is 2.25. The van der Waals surface area contributed by atoms with E-state index in [1.54, 1.807) is 0 Å². The molecule has 1 amide bonds. The Hall–Kier alpha value is -5.15. The number of carbonyl (C=O) groups is 1. The van der Waals surface area contributed by atoms with E-state index in [1.165, 1.54) is 24.3 Å².